The number of esters is 2. The second-order valence-corrected chi connectivity index (χ2v) is 13.3. The number of fused-ring (bicyclic) bond motifs is 4. The number of hydrogen-bond donors (Lipinski definition) is 1. The van der Waals surface area contributed by atoms with Crippen LogP contribution < -0.4 is 0 Å². The van der Waals surface area contributed by atoms with Crippen molar-refractivity contribution in [3.8, 4) is 0 Å². The molecule has 5 heterocycles. The molecule has 3 saturated heterocycles. The van der Waals surface area contributed by atoms with Gasteiger partial charge in [-0.05, 0) is 56.8 Å². The third kappa shape index (κ3) is 8.03. The van der Waals surface area contributed by atoms with Gasteiger partial charge in [0.2, 0.25) is 0 Å². The highest BCUT2D eigenvalue weighted by molar-refractivity contribution is 5.78. The van der Waals surface area contributed by atoms with Gasteiger partial charge in [-0.15, -0.1) is 0 Å². The van der Waals surface area contributed by atoms with Crippen LogP contribution in [0.3, 0.4) is 0 Å². The van der Waals surface area contributed by atoms with Crippen LogP contribution in [0.15, 0.2) is 52.2 Å². The number of epoxide rings is 2. The van der Waals surface area contributed by atoms with Crippen molar-refractivity contribution in [1.82, 2.24) is 4.98 Å². The normalized spacial score (nSPS) is 37.3. The summed E-state index contributed by atoms with van der Waals surface area (Å²) in [5, 5.41) is 11.4. The Bertz CT molecular complexity index is 1360. The van der Waals surface area contributed by atoms with Gasteiger partial charge in [0.05, 0.1) is 18.3 Å². The summed E-state index contributed by atoms with van der Waals surface area (Å²) >= 11 is 0. The number of methoxy groups -OCH3 is 1. The van der Waals surface area contributed by atoms with Gasteiger partial charge in [-0.3, -0.25) is 4.79 Å². The number of hydrogen-bond acceptors (Lipinski definition) is 10. The number of aromatic nitrogens is 1. The molecule has 0 unspecified atom stereocenters. The number of cyclic esters (lactones) is 1. The van der Waals surface area contributed by atoms with Crippen molar-refractivity contribution in [1.29, 1.82) is 0 Å². The maximum atomic E-state index is 13.4. The van der Waals surface area contributed by atoms with Crippen LogP contribution in [0.25, 0.3) is 6.08 Å². The zero-order valence-electron chi connectivity index (χ0n) is 27.3. The van der Waals surface area contributed by atoms with Gasteiger partial charge < -0.3 is 33.2 Å². The Hall–Kier alpha value is -3.05. The highest BCUT2D eigenvalue weighted by atomic mass is 16.6. The zero-order chi connectivity index (χ0) is 32.5. The number of oxazole rings is 1. The SMILES string of the molecule is CO[C@H](C(C)=CC=CC(C)=Cc1coc(C)n1)[C@@H](C)[C@H]1C[C@H](O)[C@]2(C)O[C@H]2C=C[C@@H](C)[C@@H]2C[C@@H](CC(=O)O2)C[C@@H]2O[C@@H]2C(=O)O1. The summed E-state index contributed by atoms with van der Waals surface area (Å²) in [4.78, 5) is 30.1. The van der Waals surface area contributed by atoms with Crippen LogP contribution in [0, 0.1) is 24.7 Å². The Morgan fingerprint density at radius 3 is 2.62 bits per heavy atom. The fraction of sp³-hybridized carbons (Fsp3) is 0.629. The lowest BCUT2D eigenvalue weighted by Crippen LogP contribution is -2.42. The number of aliphatic hydroxyl groups excluding tert-OH is 1. The number of nitrogens with zero attached hydrogens (tertiary/aromatic N) is 1. The Kier molecular flexibility index (Phi) is 10.2. The minimum absolute atomic E-state index is 0.0130. The van der Waals surface area contributed by atoms with Gasteiger partial charge in [-0.1, -0.05) is 44.2 Å². The predicted octanol–water partition coefficient (Wildman–Crippen LogP) is 5.05. The van der Waals surface area contributed by atoms with Crippen LogP contribution >= 0.6 is 0 Å². The molecule has 10 heteroatoms. The van der Waals surface area contributed by atoms with E-state index in [1.807, 2.05) is 71.1 Å². The highest BCUT2D eigenvalue weighted by Gasteiger charge is 2.57. The smallest absolute Gasteiger partial charge is 0.338 e. The molecular weight excluding hydrogens is 578 g/mol. The van der Waals surface area contributed by atoms with Crippen LogP contribution in [-0.4, -0.2) is 77.5 Å². The number of aryl methyl sites for hydroxylation is 1. The maximum Gasteiger partial charge on any atom is 0.338 e. The average Bonchev–Trinajstić information content (AvgIpc) is 3.86. The van der Waals surface area contributed by atoms with E-state index in [2.05, 4.69) is 4.98 Å². The van der Waals surface area contributed by atoms with Gasteiger partial charge in [-0.25, -0.2) is 9.78 Å². The first kappa shape index (κ1) is 33.3. The van der Waals surface area contributed by atoms with Crippen molar-refractivity contribution in [2.75, 3.05) is 7.11 Å². The highest BCUT2D eigenvalue weighted by Crippen LogP contribution is 2.44. The molecule has 0 spiro atoms. The van der Waals surface area contributed by atoms with Crippen molar-refractivity contribution in [2.45, 2.75) is 116 Å². The predicted molar refractivity (Wildman–Crippen MR) is 166 cm³/mol. The fourth-order valence-corrected chi connectivity index (χ4v) is 6.64. The summed E-state index contributed by atoms with van der Waals surface area (Å²) in [5.74, 6) is -0.316. The molecule has 5 rings (SSSR count). The summed E-state index contributed by atoms with van der Waals surface area (Å²) < 4.78 is 34.7. The summed E-state index contributed by atoms with van der Waals surface area (Å²) in [6, 6.07) is 0. The Balaban J connectivity index is 1.33. The molecule has 1 aromatic heterocycles. The molecule has 0 aliphatic carbocycles. The standard InChI is InChI=1S/C35H47NO9/c1-19(13-25-18-41-23(5)36-25)9-8-10-21(3)32(40-7)22(4)27-17-29(37)35(6)30(45-35)12-11-20(2)26-14-24(16-31(38)42-26)15-28-33(43-28)34(39)44-27/h8-13,18,20,22,24,26-30,32-33,37H,14-17H2,1-7H3/t20-,22+,24-,26+,27-,28+,29+,30+,32-,33+,35+/m1/s1. The van der Waals surface area contributed by atoms with E-state index in [9.17, 15) is 14.7 Å². The van der Waals surface area contributed by atoms with Gasteiger partial charge in [0.1, 0.15) is 35.9 Å². The minimum atomic E-state index is -0.905. The first-order chi connectivity index (χ1) is 21.4. The van der Waals surface area contributed by atoms with E-state index in [0.717, 1.165) is 16.8 Å². The van der Waals surface area contributed by atoms with Gasteiger partial charge in [-0.2, -0.15) is 0 Å². The molecule has 0 aromatic carbocycles. The lowest BCUT2D eigenvalue weighted by Gasteiger charge is -2.33. The van der Waals surface area contributed by atoms with E-state index in [4.69, 9.17) is 28.1 Å². The lowest BCUT2D eigenvalue weighted by molar-refractivity contribution is -0.159. The minimum Gasteiger partial charge on any atom is -0.462 e. The van der Waals surface area contributed by atoms with E-state index in [-0.39, 0.29) is 48.5 Å². The monoisotopic (exact) mass is 625 g/mol. The number of carbonyl (C=O) groups is 2. The van der Waals surface area contributed by atoms with E-state index in [0.29, 0.717) is 25.2 Å². The Labute approximate surface area is 265 Å². The number of ether oxygens (including phenoxy) is 5. The molecule has 1 aromatic rings. The number of aliphatic hydroxyl groups is 1. The van der Waals surface area contributed by atoms with Crippen LogP contribution in [0.2, 0.25) is 0 Å². The third-order valence-corrected chi connectivity index (χ3v) is 9.63. The molecule has 3 fully saturated rings. The molecule has 2 bridgehead atoms. The zero-order valence-corrected chi connectivity index (χ0v) is 27.3. The lowest BCUT2D eigenvalue weighted by atomic mass is 9.84. The van der Waals surface area contributed by atoms with Crippen LogP contribution in [0.4, 0.5) is 0 Å². The van der Waals surface area contributed by atoms with Crippen molar-refractivity contribution >= 4 is 18.0 Å². The molecule has 10 nitrogen and oxygen atoms in total. The molecule has 4 aliphatic rings. The van der Waals surface area contributed by atoms with E-state index in [1.54, 1.807) is 20.3 Å². The van der Waals surface area contributed by atoms with Gasteiger partial charge in [0.25, 0.3) is 0 Å². The second-order valence-electron chi connectivity index (χ2n) is 13.3. The van der Waals surface area contributed by atoms with Gasteiger partial charge in [0.15, 0.2) is 12.0 Å². The van der Waals surface area contributed by atoms with Crippen LogP contribution in [-0.2, 0) is 33.3 Å². The molecular formula is C35H47NO9. The third-order valence-electron chi connectivity index (χ3n) is 9.63. The molecule has 0 radical (unpaired) electrons. The van der Waals surface area contributed by atoms with Crippen LogP contribution in [0.5, 0.6) is 0 Å². The quantitative estimate of drug-likeness (QED) is 0.190. The second kappa shape index (κ2) is 13.7. The number of rotatable bonds is 7. The summed E-state index contributed by atoms with van der Waals surface area (Å²) in [5.41, 5.74) is 1.86. The first-order valence-electron chi connectivity index (χ1n) is 16.0. The average molecular weight is 626 g/mol. The van der Waals surface area contributed by atoms with Crippen molar-refractivity contribution in [3.63, 3.8) is 0 Å². The molecule has 45 heavy (non-hydrogen) atoms. The van der Waals surface area contributed by atoms with E-state index < -0.39 is 36.0 Å². The Morgan fingerprint density at radius 1 is 1.16 bits per heavy atom. The Morgan fingerprint density at radius 2 is 1.91 bits per heavy atom. The molecule has 0 saturated carbocycles. The van der Waals surface area contributed by atoms with Crippen molar-refractivity contribution in [3.05, 3.63) is 59.4 Å². The topological polar surface area (TPSA) is 133 Å². The largest absolute Gasteiger partial charge is 0.462 e. The fourth-order valence-electron chi connectivity index (χ4n) is 6.64. The molecule has 1 N–H and O–H groups in total. The van der Waals surface area contributed by atoms with Crippen molar-refractivity contribution in [2.24, 2.45) is 17.8 Å². The van der Waals surface area contributed by atoms with Crippen LogP contribution in [0.1, 0.15) is 71.9 Å². The molecule has 11 atom stereocenters. The number of carbonyl (C=O) groups excluding carboxylic acids is 2. The summed E-state index contributed by atoms with van der Waals surface area (Å²) in [6.07, 6.45) is 11.7. The molecule has 0 amide bonds. The van der Waals surface area contributed by atoms with Gasteiger partial charge in [0, 0.05) is 38.7 Å². The summed E-state index contributed by atoms with van der Waals surface area (Å²) in [6.45, 7) is 11.6. The van der Waals surface area contributed by atoms with Crippen molar-refractivity contribution < 1.29 is 42.8 Å². The maximum absolute atomic E-state index is 13.4. The van der Waals surface area contributed by atoms with E-state index >= 15 is 0 Å². The molecule has 4 aliphatic heterocycles. The first-order valence-corrected chi connectivity index (χ1v) is 16.0. The molecule has 246 valence electrons. The van der Waals surface area contributed by atoms with Gasteiger partial charge >= 0.3 is 11.9 Å². The summed E-state index contributed by atoms with van der Waals surface area (Å²) in [7, 11) is 1.63. The number of allylic oxidation sites excluding steroid dienone is 4. The van der Waals surface area contributed by atoms with E-state index in [1.165, 1.54) is 0 Å².